The van der Waals surface area contributed by atoms with Gasteiger partial charge in [0.05, 0.1) is 17.8 Å². The number of halogens is 1. The molecule has 0 aromatic carbocycles. The van der Waals surface area contributed by atoms with Gasteiger partial charge in [0.1, 0.15) is 0 Å². The Hall–Kier alpha value is -1.60. The molecule has 3 rings (SSSR count). The van der Waals surface area contributed by atoms with Crippen LogP contribution in [-0.4, -0.2) is 53.1 Å². The van der Waals surface area contributed by atoms with Gasteiger partial charge in [-0.3, -0.25) is 14.7 Å². The molecule has 1 aromatic heterocycles. The fourth-order valence-electron chi connectivity index (χ4n) is 3.15. The average Bonchev–Trinajstić information content (AvgIpc) is 3.17. The number of nitrogens with one attached hydrogen (secondary N) is 1. The molecule has 0 bridgehead atoms. The van der Waals surface area contributed by atoms with Crippen molar-refractivity contribution in [3.05, 3.63) is 12.4 Å². The van der Waals surface area contributed by atoms with Crippen molar-refractivity contribution in [1.82, 2.24) is 15.1 Å². The Morgan fingerprint density at radius 1 is 1.59 bits per heavy atom. The summed E-state index contributed by atoms with van der Waals surface area (Å²) in [6.07, 6.45) is 4.49. The highest BCUT2D eigenvalue weighted by molar-refractivity contribution is 6.00. The van der Waals surface area contributed by atoms with E-state index in [4.69, 9.17) is 5.73 Å². The number of rotatable bonds is 3. The number of carbonyl (C=O) groups excluding carboxylic acids is 2. The van der Waals surface area contributed by atoms with Gasteiger partial charge in [0.2, 0.25) is 11.8 Å². The molecule has 2 aliphatic heterocycles. The summed E-state index contributed by atoms with van der Waals surface area (Å²) in [4.78, 5) is 28.2. The Labute approximate surface area is 135 Å². The summed E-state index contributed by atoms with van der Waals surface area (Å²) in [5.74, 6) is -0.199. The highest BCUT2D eigenvalue weighted by Crippen LogP contribution is 2.32. The molecule has 0 radical (unpaired) electrons. The summed E-state index contributed by atoms with van der Waals surface area (Å²) < 4.78 is 0. The number of carbonyl (C=O) groups is 2. The topological polar surface area (TPSA) is 95.3 Å². The van der Waals surface area contributed by atoms with Crippen molar-refractivity contribution in [1.29, 1.82) is 0 Å². The van der Waals surface area contributed by atoms with E-state index in [0.717, 1.165) is 18.7 Å². The van der Waals surface area contributed by atoms with Gasteiger partial charge in [0.15, 0.2) is 0 Å². The van der Waals surface area contributed by atoms with Gasteiger partial charge in [-0.05, 0) is 18.4 Å². The molecule has 2 saturated heterocycles. The van der Waals surface area contributed by atoms with Crippen molar-refractivity contribution < 1.29 is 9.59 Å². The molecule has 3 N–H and O–H groups in total. The van der Waals surface area contributed by atoms with Crippen LogP contribution in [0.25, 0.3) is 0 Å². The van der Waals surface area contributed by atoms with E-state index in [1.807, 2.05) is 4.90 Å². The number of hydrogen-bond donors (Lipinski definition) is 2. The maximum atomic E-state index is 12.6. The summed E-state index contributed by atoms with van der Waals surface area (Å²) in [5, 5.41) is 6.54. The summed E-state index contributed by atoms with van der Waals surface area (Å²) in [6.45, 7) is 4.56. The number of aromatic nitrogens is 2. The van der Waals surface area contributed by atoms with E-state index < -0.39 is 0 Å². The first kappa shape index (κ1) is 16.8. The van der Waals surface area contributed by atoms with Gasteiger partial charge in [0, 0.05) is 32.3 Å². The Balaban J connectivity index is 0.00000176. The number of nitrogens with two attached hydrogens (primary N) is 1. The van der Waals surface area contributed by atoms with Gasteiger partial charge >= 0.3 is 0 Å². The molecule has 0 spiro atoms. The fourth-order valence-corrected chi connectivity index (χ4v) is 3.15. The molecule has 2 unspecified atom stereocenters. The summed E-state index contributed by atoms with van der Waals surface area (Å²) in [5.41, 5.74) is 6.52. The lowest BCUT2D eigenvalue weighted by Gasteiger charge is -2.24. The molecule has 2 aliphatic rings. The molecule has 3 heterocycles. The molecule has 2 atom stereocenters. The first-order valence-electron chi connectivity index (χ1n) is 7.30. The van der Waals surface area contributed by atoms with Crippen LogP contribution < -0.4 is 10.6 Å². The average molecular weight is 328 g/mol. The molecule has 1 aromatic rings. The third-order valence-corrected chi connectivity index (χ3v) is 4.63. The molecule has 0 aliphatic carbocycles. The van der Waals surface area contributed by atoms with Crippen LogP contribution in [0.3, 0.4) is 0 Å². The SMILES string of the molecule is CC1(CN)CCN(C(=O)C2CC(=O)N(c3cn[nH]c3)C2)C1.Cl. The standard InChI is InChI=1S/C14H21N5O2.ClH/c1-14(8-15)2-3-18(9-14)13(21)10-4-12(20)19(7-10)11-5-16-17-6-11;/h5-6,10H,2-4,7-9,15H2,1H3,(H,16,17);1H. The second-order valence-corrected chi connectivity index (χ2v) is 6.39. The van der Waals surface area contributed by atoms with E-state index >= 15 is 0 Å². The lowest BCUT2D eigenvalue weighted by atomic mass is 9.90. The number of hydrogen-bond acceptors (Lipinski definition) is 4. The van der Waals surface area contributed by atoms with Crippen molar-refractivity contribution in [2.24, 2.45) is 17.1 Å². The first-order chi connectivity index (χ1) is 10.0. The number of nitrogens with zero attached hydrogens (tertiary/aromatic N) is 3. The Morgan fingerprint density at radius 3 is 2.95 bits per heavy atom. The van der Waals surface area contributed by atoms with Gasteiger partial charge in [-0.25, -0.2) is 0 Å². The van der Waals surface area contributed by atoms with Gasteiger partial charge in [-0.1, -0.05) is 6.92 Å². The van der Waals surface area contributed by atoms with Gasteiger partial charge in [-0.15, -0.1) is 12.4 Å². The van der Waals surface area contributed by atoms with Crippen LogP contribution in [-0.2, 0) is 9.59 Å². The predicted molar refractivity (Wildman–Crippen MR) is 84.7 cm³/mol. The minimum absolute atomic E-state index is 0. The minimum Gasteiger partial charge on any atom is -0.342 e. The van der Waals surface area contributed by atoms with E-state index in [0.29, 0.717) is 19.6 Å². The summed E-state index contributed by atoms with van der Waals surface area (Å²) >= 11 is 0. The van der Waals surface area contributed by atoms with Crippen molar-refractivity contribution in [3.63, 3.8) is 0 Å². The van der Waals surface area contributed by atoms with Crippen LogP contribution in [0.2, 0.25) is 0 Å². The second-order valence-electron chi connectivity index (χ2n) is 6.39. The molecular formula is C14H22ClN5O2. The fraction of sp³-hybridized carbons (Fsp3) is 0.643. The second kappa shape index (κ2) is 6.26. The van der Waals surface area contributed by atoms with E-state index in [1.54, 1.807) is 17.3 Å². The van der Waals surface area contributed by atoms with Crippen molar-refractivity contribution >= 4 is 29.9 Å². The van der Waals surface area contributed by atoms with Crippen molar-refractivity contribution in [2.45, 2.75) is 19.8 Å². The number of anilines is 1. The highest BCUT2D eigenvalue weighted by Gasteiger charge is 2.41. The van der Waals surface area contributed by atoms with Crippen LogP contribution in [0, 0.1) is 11.3 Å². The van der Waals surface area contributed by atoms with Crippen LogP contribution >= 0.6 is 12.4 Å². The molecule has 2 fully saturated rings. The third-order valence-electron chi connectivity index (χ3n) is 4.63. The molecule has 2 amide bonds. The quantitative estimate of drug-likeness (QED) is 0.839. The predicted octanol–water partition coefficient (Wildman–Crippen LogP) is 0.382. The van der Waals surface area contributed by atoms with E-state index in [-0.39, 0.29) is 42.0 Å². The maximum absolute atomic E-state index is 12.6. The zero-order valence-electron chi connectivity index (χ0n) is 12.6. The van der Waals surface area contributed by atoms with Crippen molar-refractivity contribution in [3.8, 4) is 0 Å². The normalized spacial score (nSPS) is 28.1. The lowest BCUT2D eigenvalue weighted by molar-refractivity contribution is -0.135. The largest absolute Gasteiger partial charge is 0.342 e. The zero-order valence-corrected chi connectivity index (χ0v) is 13.4. The Bertz CT molecular complexity index is 549. The molecule has 22 heavy (non-hydrogen) atoms. The maximum Gasteiger partial charge on any atom is 0.228 e. The summed E-state index contributed by atoms with van der Waals surface area (Å²) in [6, 6.07) is 0. The van der Waals surface area contributed by atoms with Gasteiger partial charge < -0.3 is 15.5 Å². The van der Waals surface area contributed by atoms with E-state index in [1.165, 1.54) is 0 Å². The minimum atomic E-state index is -0.257. The number of amides is 2. The van der Waals surface area contributed by atoms with Gasteiger partial charge in [0.25, 0.3) is 0 Å². The van der Waals surface area contributed by atoms with Crippen LogP contribution in [0.1, 0.15) is 19.8 Å². The van der Waals surface area contributed by atoms with Crippen LogP contribution in [0.5, 0.6) is 0 Å². The molecule has 122 valence electrons. The summed E-state index contributed by atoms with van der Waals surface area (Å²) in [7, 11) is 0. The van der Waals surface area contributed by atoms with Gasteiger partial charge in [-0.2, -0.15) is 5.10 Å². The third kappa shape index (κ3) is 2.96. The first-order valence-corrected chi connectivity index (χ1v) is 7.30. The van der Waals surface area contributed by atoms with Crippen LogP contribution in [0.15, 0.2) is 12.4 Å². The van der Waals surface area contributed by atoms with Crippen molar-refractivity contribution in [2.75, 3.05) is 31.1 Å². The number of aromatic amines is 1. The number of likely N-dealkylation sites (tertiary alicyclic amines) is 1. The monoisotopic (exact) mass is 327 g/mol. The molecular weight excluding hydrogens is 306 g/mol. The van der Waals surface area contributed by atoms with E-state index in [2.05, 4.69) is 17.1 Å². The Morgan fingerprint density at radius 2 is 2.36 bits per heavy atom. The molecule has 7 nitrogen and oxygen atoms in total. The highest BCUT2D eigenvalue weighted by atomic mass is 35.5. The molecule has 8 heteroatoms. The zero-order chi connectivity index (χ0) is 15.0. The Kier molecular flexibility index (Phi) is 4.77. The smallest absolute Gasteiger partial charge is 0.228 e. The molecule has 0 saturated carbocycles. The number of H-pyrrole nitrogens is 1. The van der Waals surface area contributed by atoms with E-state index in [9.17, 15) is 9.59 Å². The lowest BCUT2D eigenvalue weighted by Crippen LogP contribution is -2.38. The van der Waals surface area contributed by atoms with Crippen LogP contribution in [0.4, 0.5) is 5.69 Å².